The van der Waals surface area contributed by atoms with E-state index in [1.165, 1.54) is 12.3 Å². The Kier molecular flexibility index (Phi) is 12.1. The molecule has 0 bridgehead atoms. The number of rotatable bonds is 11. The van der Waals surface area contributed by atoms with Crippen molar-refractivity contribution in [1.82, 2.24) is 50.4 Å². The molecule has 1 atom stereocenters. The van der Waals surface area contributed by atoms with Gasteiger partial charge in [0, 0.05) is 64.6 Å². The van der Waals surface area contributed by atoms with E-state index in [-0.39, 0.29) is 47.6 Å². The highest BCUT2D eigenvalue weighted by Crippen LogP contribution is 2.39. The molecule has 17 nitrogen and oxygen atoms in total. The number of fused-ring (bicyclic) bond motifs is 1. The van der Waals surface area contributed by atoms with Crippen LogP contribution in [0.2, 0.25) is 0 Å². The molecule has 9 rings (SSSR count). The summed E-state index contributed by atoms with van der Waals surface area (Å²) >= 11 is 0. The number of halogens is 4. The molecule has 0 saturated carbocycles. The van der Waals surface area contributed by atoms with E-state index < -0.39 is 58.8 Å². The highest BCUT2D eigenvalue weighted by Gasteiger charge is 2.51. The summed E-state index contributed by atoms with van der Waals surface area (Å²) in [5.41, 5.74) is 2.96. The molecule has 3 fully saturated rings. The number of piperazine rings is 1. The van der Waals surface area contributed by atoms with Crippen LogP contribution in [-0.4, -0.2) is 127 Å². The maximum Gasteiger partial charge on any atom is 0.401 e. The third-order valence-corrected chi connectivity index (χ3v) is 13.7. The molecule has 5 amide bonds. The van der Waals surface area contributed by atoms with Gasteiger partial charge in [0.2, 0.25) is 11.8 Å². The minimum absolute atomic E-state index is 0.00139. The Bertz CT molecular complexity index is 2820. The van der Waals surface area contributed by atoms with Gasteiger partial charge < -0.3 is 15.1 Å². The van der Waals surface area contributed by atoms with Gasteiger partial charge >= 0.3 is 6.18 Å². The van der Waals surface area contributed by atoms with Gasteiger partial charge in [-0.2, -0.15) is 23.4 Å². The lowest BCUT2D eigenvalue weighted by molar-refractivity contribution is -0.182. The molecule has 4 aliphatic heterocycles. The van der Waals surface area contributed by atoms with Crippen molar-refractivity contribution in [2.75, 3.05) is 55.6 Å². The van der Waals surface area contributed by atoms with Crippen LogP contribution >= 0.6 is 0 Å². The van der Waals surface area contributed by atoms with E-state index >= 15 is 4.39 Å². The van der Waals surface area contributed by atoms with E-state index in [1.54, 1.807) is 17.1 Å². The second kappa shape index (κ2) is 17.9. The third-order valence-electron chi connectivity index (χ3n) is 13.7. The van der Waals surface area contributed by atoms with Gasteiger partial charge in [0.25, 0.3) is 17.7 Å². The van der Waals surface area contributed by atoms with Crippen molar-refractivity contribution in [2.45, 2.75) is 77.6 Å². The molecule has 0 radical (unpaired) electrons. The molecular weight excluding hydrogens is 889 g/mol. The molecule has 3 N–H and O–H groups in total. The molecule has 0 spiro atoms. The quantitative estimate of drug-likeness (QED) is 0.119. The van der Waals surface area contributed by atoms with E-state index in [0.717, 1.165) is 104 Å². The standard InChI is InChI=1S/C47H50F4N12O5/c1-26-5-6-34(62-25-30(22-54-62)41(65)53-23-37-55-45(58-57-37)46(3,4)47(49,50)51)27(2)40(26)29-9-12-52-38(19-29)61-17-15-59(16-18-61)24-28-10-13-60(14-11-28)36-21-32-31(20-33(36)48)43(67)63(44(32)68)35-7-8-39(64)56-42(35)66/h5-6,9,12,19-22,25,28,35H,7-8,10-11,13-18,23-24H2,1-4H3,(H,53,65)(H,55,57,58)(H,56,64,66). The van der Waals surface area contributed by atoms with Gasteiger partial charge in [-0.3, -0.25) is 44.2 Å². The van der Waals surface area contributed by atoms with Crippen LogP contribution in [0.3, 0.4) is 0 Å². The molecule has 356 valence electrons. The fourth-order valence-electron chi connectivity index (χ4n) is 9.50. The summed E-state index contributed by atoms with van der Waals surface area (Å²) < 4.78 is 57.6. The largest absolute Gasteiger partial charge is 0.401 e. The number of aromatic nitrogens is 6. The fourth-order valence-corrected chi connectivity index (χ4v) is 9.50. The van der Waals surface area contributed by atoms with Crippen molar-refractivity contribution in [3.63, 3.8) is 0 Å². The Labute approximate surface area is 388 Å². The van der Waals surface area contributed by atoms with Crippen LogP contribution in [0.5, 0.6) is 0 Å². The molecule has 3 saturated heterocycles. The number of aryl methyl sites for hydroxylation is 1. The Hall–Kier alpha value is -7.03. The van der Waals surface area contributed by atoms with E-state index in [2.05, 4.69) is 46.8 Å². The first-order valence-corrected chi connectivity index (χ1v) is 22.5. The normalized spacial score (nSPS) is 18.6. The van der Waals surface area contributed by atoms with Crippen LogP contribution in [-0.2, 0) is 21.5 Å². The van der Waals surface area contributed by atoms with E-state index in [1.807, 2.05) is 36.9 Å². The number of anilines is 2. The molecule has 0 aliphatic carbocycles. The summed E-state index contributed by atoms with van der Waals surface area (Å²) in [5, 5.41) is 15.5. The molecule has 2 aromatic carbocycles. The van der Waals surface area contributed by atoms with Gasteiger partial charge in [0.15, 0.2) is 5.82 Å². The van der Waals surface area contributed by atoms with Crippen molar-refractivity contribution in [3.05, 3.63) is 100 Å². The lowest BCUT2D eigenvalue weighted by Crippen LogP contribution is -2.54. The van der Waals surface area contributed by atoms with Gasteiger partial charge in [-0.1, -0.05) is 6.07 Å². The first kappa shape index (κ1) is 46.1. The van der Waals surface area contributed by atoms with Crippen LogP contribution in [0.4, 0.5) is 29.1 Å². The molecule has 4 aliphatic rings. The predicted octanol–water partition coefficient (Wildman–Crippen LogP) is 5.02. The Balaban J connectivity index is 0.784. The first-order valence-electron chi connectivity index (χ1n) is 22.5. The number of H-pyrrole nitrogens is 1. The zero-order valence-corrected chi connectivity index (χ0v) is 37.9. The molecule has 5 aromatic rings. The van der Waals surface area contributed by atoms with E-state index in [0.29, 0.717) is 19.0 Å². The molecule has 68 heavy (non-hydrogen) atoms. The smallest absolute Gasteiger partial charge is 0.369 e. The molecule has 7 heterocycles. The summed E-state index contributed by atoms with van der Waals surface area (Å²) in [6.45, 7) is 11.1. The van der Waals surface area contributed by atoms with Crippen LogP contribution in [0.25, 0.3) is 16.8 Å². The fraction of sp³-hybridized carbons (Fsp3) is 0.426. The van der Waals surface area contributed by atoms with E-state index in [9.17, 15) is 37.1 Å². The van der Waals surface area contributed by atoms with Crippen LogP contribution in [0, 0.1) is 25.6 Å². The van der Waals surface area contributed by atoms with Crippen LogP contribution in [0.15, 0.2) is 55.0 Å². The van der Waals surface area contributed by atoms with Gasteiger partial charge in [0.1, 0.15) is 28.9 Å². The van der Waals surface area contributed by atoms with Gasteiger partial charge in [-0.05, 0) is 105 Å². The summed E-state index contributed by atoms with van der Waals surface area (Å²) in [6, 6.07) is 9.39. The summed E-state index contributed by atoms with van der Waals surface area (Å²) in [5.74, 6) is -2.75. The van der Waals surface area contributed by atoms with Crippen molar-refractivity contribution in [1.29, 1.82) is 0 Å². The monoisotopic (exact) mass is 938 g/mol. The number of hydrogen-bond donors (Lipinski definition) is 3. The lowest BCUT2D eigenvalue weighted by Gasteiger charge is -2.39. The first-order chi connectivity index (χ1) is 32.4. The minimum Gasteiger partial charge on any atom is -0.369 e. The van der Waals surface area contributed by atoms with Crippen LogP contribution in [0.1, 0.15) is 93.4 Å². The summed E-state index contributed by atoms with van der Waals surface area (Å²) in [6.07, 6.45) is 1.94. The SMILES string of the molecule is Cc1ccc(-n2cc(C(=O)NCc3nc(C(C)(C)C(F)(F)F)n[nH]3)cn2)c(C)c1-c1ccnc(N2CCN(CC3CCN(c4cc5c(cc4F)C(=O)N(C4CCC(=O)NC4=O)C5=O)CC3)CC2)c1. The second-order valence-corrected chi connectivity index (χ2v) is 18.4. The van der Waals surface area contributed by atoms with E-state index in [4.69, 9.17) is 4.98 Å². The number of imide groups is 2. The highest BCUT2D eigenvalue weighted by atomic mass is 19.4. The average Bonchev–Trinajstić information content (AvgIpc) is 4.05. The number of alkyl halides is 3. The van der Waals surface area contributed by atoms with Gasteiger partial charge in [-0.15, -0.1) is 0 Å². The van der Waals surface area contributed by atoms with Crippen LogP contribution < -0.4 is 20.4 Å². The number of benzene rings is 2. The number of carbonyl (C=O) groups is 5. The Morgan fingerprint density at radius 3 is 2.31 bits per heavy atom. The van der Waals surface area contributed by atoms with Crippen molar-refractivity contribution >= 4 is 41.0 Å². The zero-order chi connectivity index (χ0) is 48.2. The number of hydrogen-bond acceptors (Lipinski definition) is 12. The molecule has 3 aromatic heterocycles. The highest BCUT2D eigenvalue weighted by molar-refractivity contribution is 6.23. The summed E-state index contributed by atoms with van der Waals surface area (Å²) in [4.78, 5) is 79.9. The number of nitrogens with one attached hydrogen (secondary N) is 3. The second-order valence-electron chi connectivity index (χ2n) is 18.4. The molecule has 1 unspecified atom stereocenters. The Morgan fingerprint density at radius 2 is 1.60 bits per heavy atom. The molecule has 21 heteroatoms. The van der Waals surface area contributed by atoms with Crippen molar-refractivity contribution in [3.8, 4) is 16.8 Å². The maximum absolute atomic E-state index is 15.6. The average molecular weight is 939 g/mol. The van der Waals surface area contributed by atoms with Gasteiger partial charge in [-0.25, -0.2) is 19.0 Å². The minimum atomic E-state index is -4.55. The van der Waals surface area contributed by atoms with Crippen molar-refractivity contribution in [2.24, 2.45) is 5.92 Å². The lowest BCUT2D eigenvalue weighted by atomic mass is 9.92. The molecular formula is C47H50F4N12O5. The number of aromatic amines is 1. The topological polar surface area (TPSA) is 195 Å². The number of amides is 5. The summed E-state index contributed by atoms with van der Waals surface area (Å²) in [7, 11) is 0. The maximum atomic E-state index is 15.6. The number of nitrogens with zero attached hydrogens (tertiary/aromatic N) is 9. The van der Waals surface area contributed by atoms with Gasteiger partial charge in [0.05, 0.1) is 40.8 Å². The number of carbonyl (C=O) groups excluding carboxylic acids is 5. The number of pyridine rings is 1. The van der Waals surface area contributed by atoms with Crippen molar-refractivity contribution < 1.29 is 41.5 Å². The Morgan fingerprint density at radius 1 is 0.882 bits per heavy atom. The third kappa shape index (κ3) is 8.69. The predicted molar refractivity (Wildman–Crippen MR) is 240 cm³/mol. The number of piperidine rings is 2. The zero-order valence-electron chi connectivity index (χ0n) is 37.9.